The number of benzene rings is 2. The number of anilines is 1. The van der Waals surface area contributed by atoms with Gasteiger partial charge in [0.15, 0.2) is 0 Å². The molecule has 148 valence electrons. The van der Waals surface area contributed by atoms with Crippen LogP contribution in [0.4, 0.5) is 23.2 Å². The molecule has 0 aliphatic rings. The molecule has 0 radical (unpaired) electrons. The second-order valence-electron chi connectivity index (χ2n) is 5.49. The van der Waals surface area contributed by atoms with E-state index < -0.39 is 44.7 Å². The lowest BCUT2D eigenvalue weighted by Gasteiger charge is -2.13. The Morgan fingerprint density at radius 1 is 1.11 bits per heavy atom. The molecular formula is C17H11ClF4N2O3S. The maximum absolute atomic E-state index is 14.1. The van der Waals surface area contributed by atoms with Crippen LogP contribution in [-0.2, 0) is 10.0 Å². The summed E-state index contributed by atoms with van der Waals surface area (Å²) in [7, 11) is -4.37. The Morgan fingerprint density at radius 2 is 1.86 bits per heavy atom. The molecule has 3 rings (SSSR count). The van der Waals surface area contributed by atoms with Crippen LogP contribution in [0.3, 0.4) is 0 Å². The van der Waals surface area contributed by atoms with Crippen LogP contribution in [-0.4, -0.2) is 20.0 Å². The summed E-state index contributed by atoms with van der Waals surface area (Å²) in [5, 5.41) is -0.456. The standard InChI is InChI=1S/C17H11ClF4N2O3S/c18-12-5-13(20)14(6-15(12)27-17(21)22)24-28(25,26)16-8-23-7-11(16)9-2-1-3-10(19)4-9/h1-8,17,23-24H. The first kappa shape index (κ1) is 20.0. The van der Waals surface area contributed by atoms with Crippen LogP contribution in [0.2, 0.25) is 5.02 Å². The van der Waals surface area contributed by atoms with Crippen LogP contribution in [0.25, 0.3) is 11.1 Å². The molecule has 2 aromatic carbocycles. The highest BCUT2D eigenvalue weighted by molar-refractivity contribution is 7.92. The van der Waals surface area contributed by atoms with Crippen molar-refractivity contribution in [3.8, 4) is 16.9 Å². The van der Waals surface area contributed by atoms with E-state index in [0.29, 0.717) is 12.1 Å². The molecule has 0 saturated carbocycles. The van der Waals surface area contributed by atoms with E-state index >= 15 is 0 Å². The smallest absolute Gasteiger partial charge is 0.387 e. The Morgan fingerprint density at radius 3 is 2.54 bits per heavy atom. The molecule has 0 aliphatic carbocycles. The molecule has 11 heteroatoms. The SMILES string of the molecule is O=S(=O)(Nc1cc(OC(F)F)c(Cl)cc1F)c1c[nH]cc1-c1cccc(F)c1. The normalized spacial score (nSPS) is 11.6. The first-order chi connectivity index (χ1) is 13.2. The molecule has 0 saturated heterocycles. The first-order valence-electron chi connectivity index (χ1n) is 7.57. The van der Waals surface area contributed by atoms with Crippen LogP contribution in [0.15, 0.2) is 53.7 Å². The van der Waals surface area contributed by atoms with E-state index in [0.717, 1.165) is 12.3 Å². The van der Waals surface area contributed by atoms with Crippen molar-refractivity contribution in [3.63, 3.8) is 0 Å². The number of hydrogen-bond donors (Lipinski definition) is 2. The fourth-order valence-electron chi connectivity index (χ4n) is 2.45. The van der Waals surface area contributed by atoms with E-state index in [1.807, 2.05) is 4.72 Å². The van der Waals surface area contributed by atoms with E-state index in [1.54, 1.807) is 0 Å². The molecule has 28 heavy (non-hydrogen) atoms. The van der Waals surface area contributed by atoms with E-state index in [2.05, 4.69) is 9.72 Å². The third-order valence-electron chi connectivity index (χ3n) is 3.61. The third kappa shape index (κ3) is 4.23. The maximum atomic E-state index is 14.1. The summed E-state index contributed by atoms with van der Waals surface area (Å²) >= 11 is 5.62. The van der Waals surface area contributed by atoms with Crippen LogP contribution < -0.4 is 9.46 Å². The summed E-state index contributed by atoms with van der Waals surface area (Å²) < 4.78 is 83.9. The molecule has 0 aliphatic heterocycles. The molecule has 3 aromatic rings. The Hall–Kier alpha value is -2.72. The van der Waals surface area contributed by atoms with Crippen molar-refractivity contribution in [2.24, 2.45) is 0 Å². The number of aromatic amines is 1. The maximum Gasteiger partial charge on any atom is 0.387 e. The Bertz CT molecular complexity index is 1120. The highest BCUT2D eigenvalue weighted by atomic mass is 35.5. The lowest BCUT2D eigenvalue weighted by Crippen LogP contribution is -2.14. The summed E-state index contributed by atoms with van der Waals surface area (Å²) in [6.45, 7) is -3.24. The van der Waals surface area contributed by atoms with Gasteiger partial charge in [-0.15, -0.1) is 0 Å². The molecule has 0 spiro atoms. The predicted molar refractivity (Wildman–Crippen MR) is 95.0 cm³/mol. The van der Waals surface area contributed by atoms with Crippen LogP contribution in [0.5, 0.6) is 5.75 Å². The Kier molecular flexibility index (Phi) is 5.52. The van der Waals surface area contributed by atoms with Gasteiger partial charge < -0.3 is 9.72 Å². The average Bonchev–Trinajstić information content (AvgIpc) is 3.09. The monoisotopic (exact) mass is 434 g/mol. The molecule has 0 amide bonds. The zero-order valence-electron chi connectivity index (χ0n) is 13.7. The van der Waals surface area contributed by atoms with Crippen molar-refractivity contribution < 1.29 is 30.7 Å². The lowest BCUT2D eigenvalue weighted by atomic mass is 10.1. The van der Waals surface area contributed by atoms with Crippen LogP contribution in [0, 0.1) is 11.6 Å². The molecule has 0 fully saturated rings. The lowest BCUT2D eigenvalue weighted by molar-refractivity contribution is -0.0497. The van der Waals surface area contributed by atoms with Crippen LogP contribution in [0.1, 0.15) is 0 Å². The van der Waals surface area contributed by atoms with Gasteiger partial charge in [0.05, 0.1) is 10.7 Å². The van der Waals surface area contributed by atoms with Gasteiger partial charge in [0, 0.05) is 24.0 Å². The van der Waals surface area contributed by atoms with Gasteiger partial charge in [0.2, 0.25) is 0 Å². The van der Waals surface area contributed by atoms with Gasteiger partial charge in [-0.1, -0.05) is 23.7 Å². The molecule has 0 atom stereocenters. The summed E-state index contributed by atoms with van der Waals surface area (Å²) in [4.78, 5) is 2.29. The summed E-state index contributed by atoms with van der Waals surface area (Å²) in [5.74, 6) is -2.28. The molecule has 0 bridgehead atoms. The zero-order chi connectivity index (χ0) is 20.5. The number of nitrogens with one attached hydrogen (secondary N) is 2. The fourth-order valence-corrected chi connectivity index (χ4v) is 3.89. The number of aromatic nitrogens is 1. The minimum atomic E-state index is -4.37. The number of halogens is 5. The summed E-state index contributed by atoms with van der Waals surface area (Å²) in [6.07, 6.45) is 2.44. The van der Waals surface area contributed by atoms with Gasteiger partial charge in [-0.3, -0.25) is 4.72 Å². The van der Waals surface area contributed by atoms with Gasteiger partial charge >= 0.3 is 6.61 Å². The Balaban J connectivity index is 1.99. The number of hydrogen-bond acceptors (Lipinski definition) is 3. The fraction of sp³-hybridized carbons (Fsp3) is 0.0588. The summed E-state index contributed by atoms with van der Waals surface area (Å²) in [5.41, 5.74) is -0.253. The van der Waals surface area contributed by atoms with Crippen molar-refractivity contribution in [1.82, 2.24) is 4.98 Å². The number of ether oxygens (including phenoxy) is 1. The number of H-pyrrole nitrogens is 1. The highest BCUT2D eigenvalue weighted by Gasteiger charge is 2.23. The van der Waals surface area contributed by atoms with Gasteiger partial charge in [-0.05, 0) is 23.8 Å². The molecular weight excluding hydrogens is 424 g/mol. The van der Waals surface area contributed by atoms with Crippen molar-refractivity contribution in [2.75, 3.05) is 4.72 Å². The molecule has 0 unspecified atom stereocenters. The number of sulfonamides is 1. The molecule has 1 aromatic heterocycles. The van der Waals surface area contributed by atoms with Crippen molar-refractivity contribution in [2.45, 2.75) is 11.5 Å². The quantitative estimate of drug-likeness (QED) is 0.535. The third-order valence-corrected chi connectivity index (χ3v) is 5.32. The number of rotatable bonds is 6. The topological polar surface area (TPSA) is 71.2 Å². The second-order valence-corrected chi connectivity index (χ2v) is 7.55. The van der Waals surface area contributed by atoms with Gasteiger partial charge in [0.1, 0.15) is 22.3 Å². The molecule has 1 heterocycles. The number of alkyl halides is 2. The Labute approximate surface area is 162 Å². The van der Waals surface area contributed by atoms with E-state index in [-0.39, 0.29) is 16.0 Å². The molecule has 5 nitrogen and oxygen atoms in total. The van der Waals surface area contributed by atoms with Crippen molar-refractivity contribution in [1.29, 1.82) is 0 Å². The van der Waals surface area contributed by atoms with E-state index in [9.17, 15) is 26.0 Å². The minimum Gasteiger partial charge on any atom is -0.433 e. The van der Waals surface area contributed by atoms with Crippen molar-refractivity contribution in [3.05, 3.63) is 65.4 Å². The second kappa shape index (κ2) is 7.72. The van der Waals surface area contributed by atoms with E-state index in [1.165, 1.54) is 24.4 Å². The van der Waals surface area contributed by atoms with Gasteiger partial charge in [0.25, 0.3) is 10.0 Å². The predicted octanol–water partition coefficient (Wildman–Crippen LogP) is 5.02. The van der Waals surface area contributed by atoms with E-state index in [4.69, 9.17) is 11.6 Å². The van der Waals surface area contributed by atoms with Gasteiger partial charge in [-0.25, -0.2) is 17.2 Å². The average molecular weight is 435 g/mol. The first-order valence-corrected chi connectivity index (χ1v) is 9.43. The highest BCUT2D eigenvalue weighted by Crippen LogP contribution is 2.34. The minimum absolute atomic E-state index is 0.130. The zero-order valence-corrected chi connectivity index (χ0v) is 15.3. The largest absolute Gasteiger partial charge is 0.433 e. The van der Waals surface area contributed by atoms with Crippen LogP contribution >= 0.6 is 11.6 Å². The van der Waals surface area contributed by atoms with Crippen molar-refractivity contribution >= 4 is 27.3 Å². The molecule has 2 N–H and O–H groups in total. The summed E-state index contributed by atoms with van der Waals surface area (Å²) in [6, 6.07) is 6.55. The van der Waals surface area contributed by atoms with Gasteiger partial charge in [-0.2, -0.15) is 8.78 Å².